The van der Waals surface area contributed by atoms with Crippen LogP contribution in [0.2, 0.25) is 0 Å². The SMILES string of the molecule is Cc1ncc(CSc2nnnn2CCNC(C)C)s1. The van der Waals surface area contributed by atoms with Crippen LogP contribution in [0.15, 0.2) is 11.4 Å². The van der Waals surface area contributed by atoms with Gasteiger partial charge in [-0.05, 0) is 17.4 Å². The van der Waals surface area contributed by atoms with Crippen LogP contribution in [0.5, 0.6) is 0 Å². The van der Waals surface area contributed by atoms with Crippen molar-refractivity contribution in [3.05, 3.63) is 16.1 Å². The predicted molar refractivity (Wildman–Crippen MR) is 77.4 cm³/mol. The molecule has 2 heterocycles. The van der Waals surface area contributed by atoms with E-state index in [9.17, 15) is 0 Å². The maximum Gasteiger partial charge on any atom is 0.209 e. The average Bonchev–Trinajstić information content (AvgIpc) is 2.95. The zero-order valence-electron chi connectivity index (χ0n) is 11.3. The van der Waals surface area contributed by atoms with Crippen molar-refractivity contribution in [2.75, 3.05) is 6.54 Å². The Balaban J connectivity index is 1.85. The van der Waals surface area contributed by atoms with Crippen molar-refractivity contribution in [3.8, 4) is 0 Å². The maximum absolute atomic E-state index is 4.24. The number of thiazole rings is 1. The number of thioether (sulfide) groups is 1. The highest BCUT2D eigenvalue weighted by Crippen LogP contribution is 2.23. The van der Waals surface area contributed by atoms with Gasteiger partial charge in [0.2, 0.25) is 5.16 Å². The number of tetrazole rings is 1. The van der Waals surface area contributed by atoms with Crippen molar-refractivity contribution in [1.82, 2.24) is 30.5 Å². The summed E-state index contributed by atoms with van der Waals surface area (Å²) in [5.74, 6) is 0.865. The van der Waals surface area contributed by atoms with Crippen molar-refractivity contribution in [2.45, 2.75) is 44.3 Å². The third kappa shape index (κ3) is 4.55. The highest BCUT2D eigenvalue weighted by atomic mass is 32.2. The van der Waals surface area contributed by atoms with Crippen molar-refractivity contribution < 1.29 is 0 Å². The fourth-order valence-electron chi connectivity index (χ4n) is 1.51. The zero-order valence-corrected chi connectivity index (χ0v) is 13.0. The Morgan fingerprint density at radius 1 is 1.47 bits per heavy atom. The normalized spacial score (nSPS) is 11.4. The average molecular weight is 298 g/mol. The minimum atomic E-state index is 0.479. The molecule has 0 saturated carbocycles. The topological polar surface area (TPSA) is 68.5 Å². The first-order chi connectivity index (χ1) is 9.15. The van der Waals surface area contributed by atoms with Crippen molar-refractivity contribution >= 4 is 23.1 Å². The first-order valence-electron chi connectivity index (χ1n) is 6.19. The van der Waals surface area contributed by atoms with Gasteiger partial charge in [-0.15, -0.1) is 16.4 Å². The van der Waals surface area contributed by atoms with Gasteiger partial charge >= 0.3 is 0 Å². The number of hydrogen-bond acceptors (Lipinski definition) is 7. The van der Waals surface area contributed by atoms with E-state index in [0.717, 1.165) is 29.0 Å². The molecule has 1 N–H and O–H groups in total. The lowest BCUT2D eigenvalue weighted by Gasteiger charge is -2.08. The predicted octanol–water partition coefficient (Wildman–Crippen LogP) is 1.73. The second kappa shape index (κ2) is 6.97. The van der Waals surface area contributed by atoms with E-state index in [1.807, 2.05) is 17.8 Å². The molecule has 2 aromatic rings. The molecule has 0 unspecified atom stereocenters. The van der Waals surface area contributed by atoms with Crippen LogP contribution in [0.3, 0.4) is 0 Å². The highest BCUT2D eigenvalue weighted by molar-refractivity contribution is 7.98. The summed E-state index contributed by atoms with van der Waals surface area (Å²) in [6.07, 6.45) is 1.92. The summed E-state index contributed by atoms with van der Waals surface area (Å²) in [7, 11) is 0. The molecule has 0 radical (unpaired) electrons. The van der Waals surface area contributed by atoms with E-state index in [0.29, 0.717) is 6.04 Å². The fraction of sp³-hybridized carbons (Fsp3) is 0.636. The van der Waals surface area contributed by atoms with Crippen molar-refractivity contribution in [1.29, 1.82) is 0 Å². The summed E-state index contributed by atoms with van der Waals surface area (Å²) in [6, 6.07) is 0.479. The molecule has 0 aromatic carbocycles. The van der Waals surface area contributed by atoms with Crippen LogP contribution in [-0.4, -0.2) is 37.8 Å². The summed E-state index contributed by atoms with van der Waals surface area (Å²) >= 11 is 3.36. The Hall–Kier alpha value is -0.990. The molecule has 0 amide bonds. The van der Waals surface area contributed by atoms with E-state index in [-0.39, 0.29) is 0 Å². The molecule has 0 aliphatic carbocycles. The van der Waals surface area contributed by atoms with E-state index >= 15 is 0 Å². The number of nitrogens with zero attached hydrogens (tertiary/aromatic N) is 5. The molecule has 0 aliphatic heterocycles. The monoisotopic (exact) mass is 298 g/mol. The quantitative estimate of drug-likeness (QED) is 0.785. The van der Waals surface area contributed by atoms with Gasteiger partial charge in [-0.3, -0.25) is 0 Å². The van der Waals surface area contributed by atoms with E-state index in [1.165, 1.54) is 4.88 Å². The maximum atomic E-state index is 4.24. The van der Waals surface area contributed by atoms with E-state index in [4.69, 9.17) is 0 Å². The largest absolute Gasteiger partial charge is 0.313 e. The molecule has 0 bridgehead atoms. The molecule has 0 spiro atoms. The van der Waals surface area contributed by atoms with Crippen LogP contribution >= 0.6 is 23.1 Å². The van der Waals surface area contributed by atoms with Gasteiger partial charge in [0.1, 0.15) is 0 Å². The zero-order chi connectivity index (χ0) is 13.7. The number of rotatable bonds is 7. The molecule has 6 nitrogen and oxygen atoms in total. The van der Waals surface area contributed by atoms with Crippen LogP contribution < -0.4 is 5.32 Å². The molecular formula is C11H18N6S2. The highest BCUT2D eigenvalue weighted by Gasteiger charge is 2.08. The van der Waals surface area contributed by atoms with Gasteiger partial charge in [-0.1, -0.05) is 25.6 Å². The third-order valence-electron chi connectivity index (χ3n) is 2.39. The molecule has 104 valence electrons. The Kier molecular flexibility index (Phi) is 5.29. The number of aryl methyl sites for hydroxylation is 1. The molecule has 0 aliphatic rings. The van der Waals surface area contributed by atoms with Gasteiger partial charge in [-0.2, -0.15) is 0 Å². The first-order valence-corrected chi connectivity index (χ1v) is 7.99. The fourth-order valence-corrected chi connectivity index (χ4v) is 3.23. The molecule has 19 heavy (non-hydrogen) atoms. The summed E-state index contributed by atoms with van der Waals surface area (Å²) in [5.41, 5.74) is 0. The third-order valence-corrected chi connectivity index (χ3v) is 4.49. The molecule has 0 fully saturated rings. The lowest BCUT2D eigenvalue weighted by atomic mass is 10.4. The van der Waals surface area contributed by atoms with E-state index in [2.05, 4.69) is 39.7 Å². The lowest BCUT2D eigenvalue weighted by molar-refractivity contribution is 0.485. The summed E-state index contributed by atoms with van der Waals surface area (Å²) in [5, 5.41) is 17.1. The molecule has 2 aromatic heterocycles. The summed E-state index contributed by atoms with van der Waals surface area (Å²) in [6.45, 7) is 7.92. The van der Waals surface area contributed by atoms with Gasteiger partial charge in [0.15, 0.2) is 0 Å². The van der Waals surface area contributed by atoms with E-state index in [1.54, 1.807) is 23.1 Å². The van der Waals surface area contributed by atoms with Gasteiger partial charge in [0.25, 0.3) is 0 Å². The minimum Gasteiger partial charge on any atom is -0.313 e. The Morgan fingerprint density at radius 2 is 2.32 bits per heavy atom. The van der Waals surface area contributed by atoms with Crippen LogP contribution in [0.25, 0.3) is 0 Å². The lowest BCUT2D eigenvalue weighted by Crippen LogP contribution is -2.27. The van der Waals surface area contributed by atoms with Crippen LogP contribution in [0.1, 0.15) is 23.7 Å². The Labute approximate surface area is 121 Å². The van der Waals surface area contributed by atoms with Crippen LogP contribution in [0.4, 0.5) is 0 Å². The second-order valence-corrected chi connectivity index (χ2v) is 6.69. The number of aromatic nitrogens is 5. The molecule has 0 atom stereocenters. The van der Waals surface area contributed by atoms with Crippen LogP contribution in [-0.2, 0) is 12.3 Å². The van der Waals surface area contributed by atoms with Gasteiger partial charge in [-0.25, -0.2) is 9.67 Å². The van der Waals surface area contributed by atoms with Crippen molar-refractivity contribution in [3.63, 3.8) is 0 Å². The van der Waals surface area contributed by atoms with Gasteiger partial charge < -0.3 is 5.32 Å². The van der Waals surface area contributed by atoms with Crippen molar-refractivity contribution in [2.24, 2.45) is 0 Å². The second-order valence-electron chi connectivity index (χ2n) is 4.43. The standard InChI is InChI=1S/C11H18N6S2/c1-8(2)12-4-5-17-11(14-15-16-17)18-7-10-6-13-9(3)19-10/h6,8,12H,4-5,7H2,1-3H3. The smallest absolute Gasteiger partial charge is 0.209 e. The number of nitrogens with one attached hydrogen (secondary N) is 1. The summed E-state index contributed by atoms with van der Waals surface area (Å²) < 4.78 is 1.84. The number of hydrogen-bond donors (Lipinski definition) is 1. The first kappa shape index (κ1) is 14.4. The van der Waals surface area contributed by atoms with E-state index < -0.39 is 0 Å². The Morgan fingerprint density at radius 3 is 3.00 bits per heavy atom. The molecule has 2 rings (SSSR count). The summed E-state index contributed by atoms with van der Waals surface area (Å²) in [4.78, 5) is 5.49. The van der Waals surface area contributed by atoms with Gasteiger partial charge in [0.05, 0.1) is 11.6 Å². The molecule has 8 heteroatoms. The van der Waals surface area contributed by atoms with Gasteiger partial charge in [0, 0.05) is 29.4 Å². The minimum absolute atomic E-state index is 0.479. The molecular weight excluding hydrogens is 280 g/mol. The Bertz CT molecular complexity index is 507. The molecule has 0 saturated heterocycles. The van der Waals surface area contributed by atoms with Crippen LogP contribution in [0, 0.1) is 6.92 Å².